The molecule has 0 unspecified atom stereocenters. The van der Waals surface area contributed by atoms with Crippen LogP contribution in [0.4, 0.5) is 10.2 Å². The zero-order valence-electron chi connectivity index (χ0n) is 12.7. The molecule has 1 aromatic carbocycles. The Kier molecular flexibility index (Phi) is 3.37. The number of halogens is 1. The number of H-pyrrole nitrogens is 1. The maximum Gasteiger partial charge on any atom is 0.372 e. The number of fused-ring (bicyclic) bond motifs is 1. The van der Waals surface area contributed by atoms with Crippen molar-refractivity contribution in [2.45, 2.75) is 12.8 Å². The van der Waals surface area contributed by atoms with E-state index in [-0.39, 0.29) is 17.3 Å². The Morgan fingerprint density at radius 1 is 1.12 bits per heavy atom. The molecule has 4 rings (SSSR count). The highest BCUT2D eigenvalue weighted by Crippen LogP contribution is 2.31. The number of imidazole rings is 1. The highest BCUT2D eigenvalue weighted by molar-refractivity contribution is 5.88. The molecule has 0 bridgehead atoms. The van der Waals surface area contributed by atoms with Crippen molar-refractivity contribution in [3.63, 3.8) is 0 Å². The molecule has 7 nitrogen and oxygen atoms in total. The first-order chi connectivity index (χ1) is 11.6. The van der Waals surface area contributed by atoms with Crippen molar-refractivity contribution >= 4 is 23.1 Å². The molecule has 0 aliphatic carbocycles. The summed E-state index contributed by atoms with van der Waals surface area (Å²) in [6, 6.07) is 6.00. The summed E-state index contributed by atoms with van der Waals surface area (Å²) in [5.41, 5.74) is 1.86. The molecule has 0 atom stereocenters. The van der Waals surface area contributed by atoms with Gasteiger partial charge in [-0.05, 0) is 37.1 Å². The third-order valence-corrected chi connectivity index (χ3v) is 4.04. The monoisotopic (exact) mass is 327 g/mol. The zero-order chi connectivity index (χ0) is 16.7. The Morgan fingerprint density at radius 3 is 2.50 bits per heavy atom. The Balaban J connectivity index is 1.92. The predicted molar refractivity (Wildman–Crippen MR) is 85.5 cm³/mol. The third kappa shape index (κ3) is 2.45. The minimum absolute atomic E-state index is 0.200. The minimum atomic E-state index is -1.17. The summed E-state index contributed by atoms with van der Waals surface area (Å²) in [5.74, 6) is -1.04. The molecular weight excluding hydrogens is 313 g/mol. The Hall–Kier alpha value is -3.03. The van der Waals surface area contributed by atoms with Crippen LogP contribution >= 0.6 is 0 Å². The van der Waals surface area contributed by atoms with Gasteiger partial charge in [0, 0.05) is 18.7 Å². The van der Waals surface area contributed by atoms with Gasteiger partial charge in [-0.15, -0.1) is 0 Å². The molecule has 8 heteroatoms. The van der Waals surface area contributed by atoms with Gasteiger partial charge in [0.05, 0.1) is 0 Å². The van der Waals surface area contributed by atoms with Crippen LogP contribution in [0.1, 0.15) is 23.5 Å². The van der Waals surface area contributed by atoms with Gasteiger partial charge in [0.2, 0.25) is 5.82 Å². The van der Waals surface area contributed by atoms with Gasteiger partial charge in [-0.1, -0.05) is 0 Å². The second-order valence-electron chi connectivity index (χ2n) is 5.66. The summed E-state index contributed by atoms with van der Waals surface area (Å²) >= 11 is 0. The number of carboxylic acids is 1. The quantitative estimate of drug-likeness (QED) is 0.767. The average molecular weight is 327 g/mol. The van der Waals surface area contributed by atoms with Crippen molar-refractivity contribution in [3.05, 3.63) is 35.9 Å². The molecule has 1 aliphatic heterocycles. The lowest BCUT2D eigenvalue weighted by Gasteiger charge is -2.19. The normalized spacial score (nSPS) is 14.5. The predicted octanol–water partition coefficient (Wildman–Crippen LogP) is 2.46. The fourth-order valence-corrected chi connectivity index (χ4v) is 2.88. The van der Waals surface area contributed by atoms with Crippen molar-refractivity contribution in [2.24, 2.45) is 0 Å². The van der Waals surface area contributed by atoms with E-state index in [1.165, 1.54) is 12.1 Å². The number of benzene rings is 1. The highest BCUT2D eigenvalue weighted by Gasteiger charge is 2.22. The van der Waals surface area contributed by atoms with Crippen LogP contribution in [0, 0.1) is 5.82 Å². The average Bonchev–Trinajstić information content (AvgIpc) is 3.23. The van der Waals surface area contributed by atoms with Crippen molar-refractivity contribution < 1.29 is 14.3 Å². The fraction of sp³-hybridized carbons (Fsp3) is 0.250. The van der Waals surface area contributed by atoms with E-state index in [2.05, 4.69) is 24.8 Å². The topological polar surface area (TPSA) is 95.0 Å². The van der Waals surface area contributed by atoms with Gasteiger partial charge in [0.25, 0.3) is 0 Å². The Labute approximate surface area is 136 Å². The number of carboxylic acid groups (broad SMARTS) is 1. The van der Waals surface area contributed by atoms with E-state index in [4.69, 9.17) is 5.11 Å². The van der Waals surface area contributed by atoms with E-state index < -0.39 is 5.97 Å². The number of aromatic amines is 1. The molecule has 1 saturated heterocycles. The van der Waals surface area contributed by atoms with Crippen LogP contribution in [0.5, 0.6) is 0 Å². The van der Waals surface area contributed by atoms with Gasteiger partial charge in [0.1, 0.15) is 11.5 Å². The molecule has 122 valence electrons. The number of anilines is 1. The van der Waals surface area contributed by atoms with Crippen molar-refractivity contribution in [1.82, 2.24) is 19.9 Å². The number of aromatic nitrogens is 4. The van der Waals surface area contributed by atoms with Gasteiger partial charge < -0.3 is 15.0 Å². The summed E-state index contributed by atoms with van der Waals surface area (Å²) in [4.78, 5) is 28.9. The molecule has 0 amide bonds. The van der Waals surface area contributed by atoms with E-state index in [0.29, 0.717) is 22.7 Å². The van der Waals surface area contributed by atoms with E-state index in [0.717, 1.165) is 25.9 Å². The number of aromatic carboxylic acids is 1. The summed E-state index contributed by atoms with van der Waals surface area (Å²) in [5, 5.41) is 9.08. The van der Waals surface area contributed by atoms with Crippen LogP contribution in [0.2, 0.25) is 0 Å². The van der Waals surface area contributed by atoms with E-state index in [1.54, 1.807) is 12.1 Å². The van der Waals surface area contributed by atoms with E-state index in [9.17, 15) is 9.18 Å². The smallest absolute Gasteiger partial charge is 0.372 e. The summed E-state index contributed by atoms with van der Waals surface area (Å²) in [6.07, 6.45) is 2.12. The molecule has 24 heavy (non-hydrogen) atoms. The molecule has 1 aliphatic rings. The van der Waals surface area contributed by atoms with Gasteiger partial charge in [-0.2, -0.15) is 0 Å². The zero-order valence-corrected chi connectivity index (χ0v) is 12.7. The molecule has 0 saturated carbocycles. The number of rotatable bonds is 3. The first-order valence-electron chi connectivity index (χ1n) is 7.64. The lowest BCUT2D eigenvalue weighted by atomic mass is 10.1. The number of hydrogen-bond donors (Lipinski definition) is 2. The van der Waals surface area contributed by atoms with Gasteiger partial charge in [-0.3, -0.25) is 0 Å². The SMILES string of the molecule is O=C(O)c1nc2nc(-c3ccc(F)cc3)c(N3CCCC3)nc2[nH]1. The van der Waals surface area contributed by atoms with Crippen molar-refractivity contribution in [3.8, 4) is 11.3 Å². The van der Waals surface area contributed by atoms with Crippen LogP contribution in [0.3, 0.4) is 0 Å². The van der Waals surface area contributed by atoms with Gasteiger partial charge in [-0.25, -0.2) is 24.1 Å². The van der Waals surface area contributed by atoms with Crippen LogP contribution in [-0.4, -0.2) is 44.1 Å². The molecular formula is C16H14FN5O2. The highest BCUT2D eigenvalue weighted by atomic mass is 19.1. The number of nitrogens with zero attached hydrogens (tertiary/aromatic N) is 4. The standard InChI is InChI=1S/C16H14FN5O2/c17-10-5-3-9(4-6-10)11-15(22-7-1-2-8-22)21-13-12(18-11)19-14(20-13)16(23)24/h3-6H,1-2,7-8H2,(H,23,24)(H,18,19,20,21). The molecule has 2 N–H and O–H groups in total. The summed E-state index contributed by atoms with van der Waals surface area (Å²) < 4.78 is 13.2. The first-order valence-corrected chi connectivity index (χ1v) is 7.64. The molecule has 0 radical (unpaired) electrons. The lowest BCUT2D eigenvalue weighted by Crippen LogP contribution is -2.20. The number of carbonyl (C=O) groups is 1. The second kappa shape index (κ2) is 5.55. The Bertz CT molecular complexity index is 916. The third-order valence-electron chi connectivity index (χ3n) is 4.04. The largest absolute Gasteiger partial charge is 0.475 e. The van der Waals surface area contributed by atoms with Gasteiger partial charge >= 0.3 is 5.97 Å². The Morgan fingerprint density at radius 2 is 1.83 bits per heavy atom. The molecule has 1 fully saturated rings. The second-order valence-corrected chi connectivity index (χ2v) is 5.66. The van der Waals surface area contributed by atoms with Crippen LogP contribution in [0.15, 0.2) is 24.3 Å². The molecule has 3 heterocycles. The maximum atomic E-state index is 13.2. The first kappa shape index (κ1) is 14.6. The lowest BCUT2D eigenvalue weighted by molar-refractivity contribution is 0.0685. The molecule has 3 aromatic rings. The van der Waals surface area contributed by atoms with Crippen LogP contribution in [0.25, 0.3) is 22.6 Å². The van der Waals surface area contributed by atoms with Crippen molar-refractivity contribution in [2.75, 3.05) is 18.0 Å². The molecule has 0 spiro atoms. The maximum absolute atomic E-state index is 13.2. The molecule has 2 aromatic heterocycles. The van der Waals surface area contributed by atoms with Gasteiger partial charge in [0.15, 0.2) is 17.1 Å². The van der Waals surface area contributed by atoms with E-state index >= 15 is 0 Å². The van der Waals surface area contributed by atoms with Crippen LogP contribution in [-0.2, 0) is 0 Å². The summed E-state index contributed by atoms with van der Waals surface area (Å²) in [7, 11) is 0. The summed E-state index contributed by atoms with van der Waals surface area (Å²) in [6.45, 7) is 1.71. The minimum Gasteiger partial charge on any atom is -0.475 e. The number of nitrogens with one attached hydrogen (secondary N) is 1. The van der Waals surface area contributed by atoms with Crippen molar-refractivity contribution in [1.29, 1.82) is 0 Å². The van der Waals surface area contributed by atoms with E-state index in [1.807, 2.05) is 0 Å². The fourth-order valence-electron chi connectivity index (χ4n) is 2.88. The number of hydrogen-bond acceptors (Lipinski definition) is 5. The van der Waals surface area contributed by atoms with Crippen LogP contribution < -0.4 is 4.90 Å².